The standard InChI is InChI=1S/C21H23N3O2S/c1-2-4-16-6-12-19(13-7-16)27(25,26)23-18-10-8-17(9-11-18)20-15-22-21-5-3-14-24(20)21/h6-13,15,23H,2-5,14H2,1H3. The van der Waals surface area contributed by atoms with Crippen molar-refractivity contribution < 1.29 is 8.42 Å². The molecule has 1 aliphatic heterocycles. The van der Waals surface area contributed by atoms with Crippen LogP contribution < -0.4 is 4.72 Å². The van der Waals surface area contributed by atoms with Crippen LogP contribution in [0.5, 0.6) is 0 Å². The first-order valence-electron chi connectivity index (χ1n) is 9.33. The van der Waals surface area contributed by atoms with Gasteiger partial charge in [0, 0.05) is 18.7 Å². The maximum absolute atomic E-state index is 12.6. The van der Waals surface area contributed by atoms with E-state index in [0.717, 1.165) is 54.9 Å². The summed E-state index contributed by atoms with van der Waals surface area (Å²) in [4.78, 5) is 4.74. The van der Waals surface area contributed by atoms with Crippen LogP contribution in [0.15, 0.2) is 59.6 Å². The topological polar surface area (TPSA) is 64.0 Å². The molecule has 1 aliphatic rings. The third-order valence-corrected chi connectivity index (χ3v) is 6.32. The Kier molecular flexibility index (Phi) is 4.74. The lowest BCUT2D eigenvalue weighted by Crippen LogP contribution is -2.12. The normalized spacial score (nSPS) is 13.5. The van der Waals surface area contributed by atoms with Gasteiger partial charge in [0.05, 0.1) is 16.8 Å². The molecule has 0 saturated carbocycles. The molecule has 2 aromatic carbocycles. The van der Waals surface area contributed by atoms with E-state index in [9.17, 15) is 8.42 Å². The zero-order valence-electron chi connectivity index (χ0n) is 15.4. The summed E-state index contributed by atoms with van der Waals surface area (Å²) in [6.07, 6.45) is 6.04. The van der Waals surface area contributed by atoms with E-state index in [2.05, 4.69) is 21.2 Å². The molecule has 0 fully saturated rings. The SMILES string of the molecule is CCCc1ccc(S(=O)(=O)Nc2ccc(-c3cnc4n3CCC4)cc2)cc1. The fourth-order valence-electron chi connectivity index (χ4n) is 3.54. The summed E-state index contributed by atoms with van der Waals surface area (Å²) in [6.45, 7) is 3.10. The first-order chi connectivity index (χ1) is 13.1. The van der Waals surface area contributed by atoms with Crippen molar-refractivity contribution in [1.82, 2.24) is 9.55 Å². The van der Waals surface area contributed by atoms with E-state index in [-0.39, 0.29) is 4.90 Å². The van der Waals surface area contributed by atoms with Crippen molar-refractivity contribution in [3.05, 3.63) is 66.1 Å². The van der Waals surface area contributed by atoms with Gasteiger partial charge in [-0.05, 0) is 48.2 Å². The van der Waals surface area contributed by atoms with Crippen LogP contribution in [0.4, 0.5) is 5.69 Å². The van der Waals surface area contributed by atoms with E-state index in [4.69, 9.17) is 0 Å². The van der Waals surface area contributed by atoms with Crippen LogP contribution in [0.1, 0.15) is 31.2 Å². The number of aryl methyl sites for hydroxylation is 2. The Labute approximate surface area is 160 Å². The summed E-state index contributed by atoms with van der Waals surface area (Å²) >= 11 is 0. The summed E-state index contributed by atoms with van der Waals surface area (Å²) in [7, 11) is -3.59. The highest BCUT2D eigenvalue weighted by molar-refractivity contribution is 7.92. The quantitative estimate of drug-likeness (QED) is 0.694. The van der Waals surface area contributed by atoms with Crippen LogP contribution in [0.3, 0.4) is 0 Å². The van der Waals surface area contributed by atoms with Gasteiger partial charge in [0.15, 0.2) is 0 Å². The minimum Gasteiger partial charge on any atom is -0.328 e. The highest BCUT2D eigenvalue weighted by Gasteiger charge is 2.17. The van der Waals surface area contributed by atoms with Crippen molar-refractivity contribution in [2.24, 2.45) is 0 Å². The van der Waals surface area contributed by atoms with Crippen molar-refractivity contribution in [2.75, 3.05) is 4.72 Å². The third kappa shape index (κ3) is 3.62. The average Bonchev–Trinajstić information content (AvgIpc) is 3.27. The summed E-state index contributed by atoms with van der Waals surface area (Å²) in [5.41, 5.74) is 3.83. The number of imidazole rings is 1. The molecule has 2 heterocycles. The number of benzene rings is 2. The van der Waals surface area contributed by atoms with Crippen LogP contribution in [-0.2, 0) is 29.4 Å². The van der Waals surface area contributed by atoms with Gasteiger partial charge in [-0.1, -0.05) is 37.6 Å². The number of rotatable bonds is 6. The zero-order valence-corrected chi connectivity index (χ0v) is 16.2. The second kappa shape index (κ2) is 7.19. The highest BCUT2D eigenvalue weighted by atomic mass is 32.2. The van der Waals surface area contributed by atoms with E-state index in [1.54, 1.807) is 24.3 Å². The van der Waals surface area contributed by atoms with E-state index < -0.39 is 10.0 Å². The van der Waals surface area contributed by atoms with E-state index in [0.29, 0.717) is 5.69 Å². The first-order valence-corrected chi connectivity index (χ1v) is 10.8. The smallest absolute Gasteiger partial charge is 0.261 e. The van der Waals surface area contributed by atoms with Gasteiger partial charge in [-0.3, -0.25) is 4.72 Å². The van der Waals surface area contributed by atoms with Crippen LogP contribution in [0.2, 0.25) is 0 Å². The number of fused-ring (bicyclic) bond motifs is 1. The second-order valence-corrected chi connectivity index (χ2v) is 8.57. The molecule has 1 aromatic heterocycles. The number of hydrogen-bond donors (Lipinski definition) is 1. The van der Waals surface area contributed by atoms with Crippen LogP contribution >= 0.6 is 0 Å². The number of nitrogens with one attached hydrogen (secondary N) is 1. The number of anilines is 1. The van der Waals surface area contributed by atoms with Gasteiger partial charge < -0.3 is 4.57 Å². The molecule has 0 spiro atoms. The van der Waals surface area contributed by atoms with E-state index in [1.807, 2.05) is 30.5 Å². The van der Waals surface area contributed by atoms with Crippen LogP contribution in [0, 0.1) is 0 Å². The van der Waals surface area contributed by atoms with E-state index in [1.165, 1.54) is 0 Å². The maximum Gasteiger partial charge on any atom is 0.261 e. The van der Waals surface area contributed by atoms with Crippen molar-refractivity contribution in [3.8, 4) is 11.3 Å². The monoisotopic (exact) mass is 381 g/mol. The number of nitrogens with zero attached hydrogens (tertiary/aromatic N) is 2. The Hall–Kier alpha value is -2.60. The van der Waals surface area contributed by atoms with Crippen molar-refractivity contribution >= 4 is 15.7 Å². The number of sulfonamides is 1. The van der Waals surface area contributed by atoms with Gasteiger partial charge >= 0.3 is 0 Å². The summed E-state index contributed by atoms with van der Waals surface area (Å²) in [6, 6.07) is 14.5. The van der Waals surface area contributed by atoms with Crippen LogP contribution in [0.25, 0.3) is 11.3 Å². The lowest BCUT2D eigenvalue weighted by atomic mass is 10.1. The zero-order chi connectivity index (χ0) is 18.9. The minimum absolute atomic E-state index is 0.278. The molecule has 5 nitrogen and oxygen atoms in total. The third-order valence-electron chi connectivity index (χ3n) is 4.93. The Bertz CT molecular complexity index is 1040. The summed E-state index contributed by atoms with van der Waals surface area (Å²) < 4.78 is 30.1. The molecule has 1 N–H and O–H groups in total. The minimum atomic E-state index is -3.59. The molecular formula is C21H23N3O2S. The average molecular weight is 382 g/mol. The molecule has 0 radical (unpaired) electrons. The fourth-order valence-corrected chi connectivity index (χ4v) is 4.59. The van der Waals surface area contributed by atoms with Gasteiger partial charge in [0.25, 0.3) is 10.0 Å². The van der Waals surface area contributed by atoms with E-state index >= 15 is 0 Å². The van der Waals surface area contributed by atoms with Crippen LogP contribution in [-0.4, -0.2) is 18.0 Å². The fraction of sp³-hybridized carbons (Fsp3) is 0.286. The van der Waals surface area contributed by atoms with Gasteiger partial charge in [0.1, 0.15) is 5.82 Å². The molecule has 0 atom stereocenters. The predicted molar refractivity (Wildman–Crippen MR) is 107 cm³/mol. The maximum atomic E-state index is 12.6. The number of aromatic nitrogens is 2. The van der Waals surface area contributed by atoms with Gasteiger partial charge in [-0.25, -0.2) is 13.4 Å². The molecule has 6 heteroatoms. The molecule has 140 valence electrons. The molecule has 0 saturated heterocycles. The van der Waals surface area contributed by atoms with Gasteiger partial charge in [0.2, 0.25) is 0 Å². The molecule has 4 rings (SSSR count). The molecular weight excluding hydrogens is 358 g/mol. The lowest BCUT2D eigenvalue weighted by Gasteiger charge is -2.10. The molecule has 0 aliphatic carbocycles. The van der Waals surface area contributed by atoms with Gasteiger partial charge in [-0.2, -0.15) is 0 Å². The van der Waals surface area contributed by atoms with Crippen molar-refractivity contribution in [2.45, 2.75) is 44.0 Å². The molecule has 0 unspecified atom stereocenters. The largest absolute Gasteiger partial charge is 0.328 e. The van der Waals surface area contributed by atoms with Gasteiger partial charge in [-0.15, -0.1) is 0 Å². The first kappa shape index (κ1) is 17.8. The number of hydrogen-bond acceptors (Lipinski definition) is 3. The Morgan fingerprint density at radius 1 is 1.07 bits per heavy atom. The Morgan fingerprint density at radius 3 is 2.52 bits per heavy atom. The molecule has 0 amide bonds. The molecule has 27 heavy (non-hydrogen) atoms. The summed E-state index contributed by atoms with van der Waals surface area (Å²) in [5.74, 6) is 1.13. The lowest BCUT2D eigenvalue weighted by molar-refractivity contribution is 0.601. The Morgan fingerprint density at radius 2 is 1.81 bits per heavy atom. The van der Waals surface area contributed by atoms with Crippen molar-refractivity contribution in [3.63, 3.8) is 0 Å². The Balaban J connectivity index is 1.52. The predicted octanol–water partition coefficient (Wildman–Crippen LogP) is 4.25. The molecule has 0 bridgehead atoms. The molecule has 3 aromatic rings. The van der Waals surface area contributed by atoms with Crippen molar-refractivity contribution in [1.29, 1.82) is 0 Å². The second-order valence-electron chi connectivity index (χ2n) is 6.89. The summed E-state index contributed by atoms with van der Waals surface area (Å²) in [5, 5.41) is 0. The highest BCUT2D eigenvalue weighted by Crippen LogP contribution is 2.27.